The average molecular weight is 359 g/mol. The van der Waals surface area contributed by atoms with Crippen LogP contribution in [-0.2, 0) is 11.3 Å². The summed E-state index contributed by atoms with van der Waals surface area (Å²) in [7, 11) is 0. The fourth-order valence-electron chi connectivity index (χ4n) is 2.84. The van der Waals surface area contributed by atoms with Crippen LogP contribution in [0.4, 0.5) is 0 Å². The third kappa shape index (κ3) is 2.85. The van der Waals surface area contributed by atoms with E-state index in [2.05, 4.69) is 0 Å². The molecule has 2 aromatic heterocycles. The Balaban J connectivity index is 1.61. The number of furan rings is 1. The van der Waals surface area contributed by atoms with Crippen LogP contribution < -0.4 is 0 Å². The zero-order valence-electron chi connectivity index (χ0n) is 12.8. The van der Waals surface area contributed by atoms with Gasteiger partial charge in [-0.1, -0.05) is 23.7 Å². The molecule has 1 amide bonds. The van der Waals surface area contributed by atoms with E-state index in [1.54, 1.807) is 18.0 Å². The van der Waals surface area contributed by atoms with Gasteiger partial charge in [0, 0.05) is 18.0 Å². The van der Waals surface area contributed by atoms with Gasteiger partial charge in [0.15, 0.2) is 0 Å². The summed E-state index contributed by atoms with van der Waals surface area (Å²) in [5.41, 5.74) is 2.01. The van der Waals surface area contributed by atoms with Crippen molar-refractivity contribution < 1.29 is 9.21 Å². The lowest BCUT2D eigenvalue weighted by atomic mass is 10.3. The van der Waals surface area contributed by atoms with Crippen LogP contribution in [0.15, 0.2) is 65.5 Å². The van der Waals surface area contributed by atoms with Gasteiger partial charge < -0.3 is 13.9 Å². The quantitative estimate of drug-likeness (QED) is 0.689. The first-order chi connectivity index (χ1) is 11.7. The first-order valence-corrected chi connectivity index (χ1v) is 9.01. The molecule has 1 atom stereocenters. The van der Waals surface area contributed by atoms with Crippen LogP contribution in [0.2, 0.25) is 5.02 Å². The number of para-hydroxylation sites is 1. The number of benzene rings is 1. The van der Waals surface area contributed by atoms with Gasteiger partial charge in [-0.15, -0.1) is 11.8 Å². The van der Waals surface area contributed by atoms with Gasteiger partial charge >= 0.3 is 0 Å². The molecule has 4 rings (SSSR count). The van der Waals surface area contributed by atoms with Crippen molar-refractivity contribution in [3.8, 4) is 5.69 Å². The highest BCUT2D eigenvalue weighted by molar-refractivity contribution is 8.00. The minimum Gasteiger partial charge on any atom is -0.467 e. The standard InChI is InChI=1S/C18H15ClN2O2S/c19-15-5-1-2-6-16(15)20-8-7-13(10-20)18-21(17(22)12-24-18)11-14-4-3-9-23-14/h1-10,18H,11-12H2/t18-/m0/s1. The molecule has 0 N–H and O–H groups in total. The second-order valence-corrected chi connectivity index (χ2v) is 7.04. The van der Waals surface area contributed by atoms with Crippen LogP contribution in [-0.4, -0.2) is 21.1 Å². The monoisotopic (exact) mass is 358 g/mol. The maximum absolute atomic E-state index is 12.3. The molecule has 3 heterocycles. The second-order valence-electron chi connectivity index (χ2n) is 5.57. The number of hydrogen-bond donors (Lipinski definition) is 0. The van der Waals surface area contributed by atoms with E-state index in [-0.39, 0.29) is 11.3 Å². The van der Waals surface area contributed by atoms with Gasteiger partial charge in [0.25, 0.3) is 0 Å². The Labute approximate surface area is 149 Å². The van der Waals surface area contributed by atoms with Gasteiger partial charge in [0.2, 0.25) is 5.91 Å². The number of carbonyl (C=O) groups excluding carboxylic acids is 1. The van der Waals surface area contributed by atoms with E-state index >= 15 is 0 Å². The SMILES string of the molecule is O=C1CS[C@@H](c2ccn(-c3ccccc3Cl)c2)N1Cc1ccco1. The lowest BCUT2D eigenvalue weighted by molar-refractivity contribution is -0.128. The van der Waals surface area contributed by atoms with E-state index in [1.165, 1.54) is 0 Å². The van der Waals surface area contributed by atoms with Gasteiger partial charge in [-0.25, -0.2) is 0 Å². The number of aromatic nitrogens is 1. The fourth-order valence-corrected chi connectivity index (χ4v) is 4.25. The molecule has 0 unspecified atom stereocenters. The van der Waals surface area contributed by atoms with Crippen LogP contribution >= 0.6 is 23.4 Å². The Morgan fingerprint density at radius 2 is 2.08 bits per heavy atom. The summed E-state index contributed by atoms with van der Waals surface area (Å²) < 4.78 is 7.38. The predicted octanol–water partition coefficient (Wildman–Crippen LogP) is 4.50. The number of carbonyl (C=O) groups is 1. The van der Waals surface area contributed by atoms with E-state index < -0.39 is 0 Å². The fraction of sp³-hybridized carbons (Fsp3) is 0.167. The highest BCUT2D eigenvalue weighted by Crippen LogP contribution is 2.40. The summed E-state index contributed by atoms with van der Waals surface area (Å²) in [4.78, 5) is 14.1. The third-order valence-electron chi connectivity index (χ3n) is 4.01. The first-order valence-electron chi connectivity index (χ1n) is 7.58. The Hall–Kier alpha value is -2.11. The van der Waals surface area contributed by atoms with Crippen molar-refractivity contribution in [3.05, 3.63) is 77.5 Å². The summed E-state index contributed by atoms with van der Waals surface area (Å²) in [5, 5.41) is 0.689. The third-order valence-corrected chi connectivity index (χ3v) is 5.58. The number of hydrogen-bond acceptors (Lipinski definition) is 3. The molecule has 6 heteroatoms. The van der Waals surface area contributed by atoms with Crippen molar-refractivity contribution in [1.82, 2.24) is 9.47 Å². The molecular formula is C18H15ClN2O2S. The molecule has 0 aliphatic carbocycles. The van der Waals surface area contributed by atoms with Gasteiger partial charge in [0.05, 0.1) is 29.3 Å². The zero-order chi connectivity index (χ0) is 16.5. The average Bonchev–Trinajstić information content (AvgIpc) is 3.31. The van der Waals surface area contributed by atoms with Gasteiger partial charge in [0.1, 0.15) is 11.1 Å². The molecule has 3 aromatic rings. The Bertz CT molecular complexity index is 860. The molecule has 1 aliphatic rings. The first kappa shape index (κ1) is 15.4. The van der Waals surface area contributed by atoms with Crippen molar-refractivity contribution in [1.29, 1.82) is 0 Å². The van der Waals surface area contributed by atoms with Crippen LogP contribution in [0.3, 0.4) is 0 Å². The molecular weight excluding hydrogens is 344 g/mol. The molecule has 0 radical (unpaired) electrons. The van der Waals surface area contributed by atoms with Crippen LogP contribution in [0.25, 0.3) is 5.69 Å². The van der Waals surface area contributed by atoms with Crippen LogP contribution in [0, 0.1) is 0 Å². The van der Waals surface area contributed by atoms with E-state index in [0.717, 1.165) is 17.0 Å². The highest BCUT2D eigenvalue weighted by atomic mass is 35.5. The van der Waals surface area contributed by atoms with Crippen LogP contribution in [0.1, 0.15) is 16.7 Å². The number of amides is 1. The molecule has 122 valence electrons. The minimum absolute atomic E-state index is 0.00802. The van der Waals surface area contributed by atoms with Crippen molar-refractivity contribution in [2.24, 2.45) is 0 Å². The lowest BCUT2D eigenvalue weighted by Crippen LogP contribution is -2.27. The molecule has 1 saturated heterocycles. The van der Waals surface area contributed by atoms with Gasteiger partial charge in [-0.05, 0) is 30.3 Å². The molecule has 4 nitrogen and oxygen atoms in total. The van der Waals surface area contributed by atoms with E-state index in [9.17, 15) is 4.79 Å². The molecule has 0 saturated carbocycles. The number of nitrogens with zero attached hydrogens (tertiary/aromatic N) is 2. The van der Waals surface area contributed by atoms with Gasteiger partial charge in [-0.2, -0.15) is 0 Å². The number of thioether (sulfide) groups is 1. The Kier molecular flexibility index (Phi) is 4.12. The normalized spacial score (nSPS) is 17.6. The maximum Gasteiger partial charge on any atom is 0.234 e. The van der Waals surface area contributed by atoms with E-state index in [1.807, 2.05) is 64.3 Å². The molecule has 24 heavy (non-hydrogen) atoms. The molecule has 0 bridgehead atoms. The molecule has 1 aliphatic heterocycles. The Morgan fingerprint density at radius 1 is 1.21 bits per heavy atom. The predicted molar refractivity (Wildman–Crippen MR) is 95.2 cm³/mol. The summed E-state index contributed by atoms with van der Waals surface area (Å²) in [6.07, 6.45) is 5.64. The largest absolute Gasteiger partial charge is 0.467 e. The summed E-state index contributed by atoms with van der Waals surface area (Å²) in [6, 6.07) is 13.5. The van der Waals surface area contributed by atoms with E-state index in [0.29, 0.717) is 17.3 Å². The Morgan fingerprint density at radius 3 is 2.88 bits per heavy atom. The number of halogens is 1. The smallest absolute Gasteiger partial charge is 0.234 e. The van der Waals surface area contributed by atoms with E-state index in [4.69, 9.17) is 16.0 Å². The van der Waals surface area contributed by atoms with Crippen molar-refractivity contribution in [2.45, 2.75) is 11.9 Å². The van der Waals surface area contributed by atoms with Crippen LogP contribution in [0.5, 0.6) is 0 Å². The highest BCUT2D eigenvalue weighted by Gasteiger charge is 2.33. The van der Waals surface area contributed by atoms with Crippen molar-refractivity contribution in [2.75, 3.05) is 5.75 Å². The topological polar surface area (TPSA) is 38.4 Å². The maximum atomic E-state index is 12.3. The summed E-state index contributed by atoms with van der Waals surface area (Å²) in [6.45, 7) is 0.487. The molecule has 1 aromatic carbocycles. The molecule has 0 spiro atoms. The lowest BCUT2D eigenvalue weighted by Gasteiger charge is -2.22. The minimum atomic E-state index is -0.00802. The summed E-state index contributed by atoms with van der Waals surface area (Å²) in [5.74, 6) is 1.41. The van der Waals surface area contributed by atoms with Crippen molar-refractivity contribution in [3.63, 3.8) is 0 Å². The summed E-state index contributed by atoms with van der Waals surface area (Å²) >= 11 is 7.91. The second kappa shape index (κ2) is 6.42. The van der Waals surface area contributed by atoms with Crippen molar-refractivity contribution >= 4 is 29.3 Å². The molecule has 1 fully saturated rings. The number of rotatable bonds is 4. The zero-order valence-corrected chi connectivity index (χ0v) is 14.3. The van der Waals surface area contributed by atoms with Gasteiger partial charge in [-0.3, -0.25) is 4.79 Å².